The molecule has 10 aromatic rings. The molecule has 0 spiro atoms. The van der Waals surface area contributed by atoms with E-state index in [2.05, 4.69) is 336 Å². The molecule has 708 valence electrons. The van der Waals surface area contributed by atoms with E-state index in [0.29, 0.717) is 13.1 Å². The minimum absolute atomic E-state index is 0.0224. The summed E-state index contributed by atoms with van der Waals surface area (Å²) >= 11 is 7.51. The van der Waals surface area contributed by atoms with Gasteiger partial charge in [0.1, 0.15) is 11.2 Å². The molecule has 132 heavy (non-hydrogen) atoms. The first-order valence-corrected chi connectivity index (χ1v) is 52.0. The van der Waals surface area contributed by atoms with E-state index < -0.39 is 18.3 Å². The molecule has 0 saturated carbocycles. The number of carbonyl (C=O) groups excluding carboxylic acids is 2. The smallest absolute Gasteiger partial charge is 0.444 e. The molecule has 6 aliphatic rings. The number of halogens is 2. The van der Waals surface area contributed by atoms with Crippen molar-refractivity contribution in [3.05, 3.63) is 221 Å². The van der Waals surface area contributed by atoms with E-state index in [0.717, 1.165) is 67.0 Å². The molecule has 0 radical (unpaired) electrons. The summed E-state index contributed by atoms with van der Waals surface area (Å²) in [5.74, 6) is 0. The van der Waals surface area contributed by atoms with Gasteiger partial charge in [-0.25, -0.2) is 9.59 Å². The second-order valence-electron chi connectivity index (χ2n) is 43.8. The van der Waals surface area contributed by atoms with E-state index in [4.69, 9.17) is 28.1 Å². The third kappa shape index (κ3) is 20.8. The number of unbranched alkanes of at least 4 members (excludes halogenated alkanes) is 8. The Morgan fingerprint density at radius 2 is 0.652 bits per heavy atom. The van der Waals surface area contributed by atoms with Gasteiger partial charge >= 0.3 is 26.4 Å². The van der Waals surface area contributed by atoms with Crippen molar-refractivity contribution in [2.24, 2.45) is 0 Å². The molecular formula is C116H156B2Br2N4O8. The van der Waals surface area contributed by atoms with Crippen molar-refractivity contribution >= 4 is 91.0 Å². The quantitative estimate of drug-likeness (QED) is 0.0337. The highest BCUT2D eigenvalue weighted by molar-refractivity contribution is 9.10. The van der Waals surface area contributed by atoms with Crippen LogP contribution in [0.1, 0.15) is 360 Å². The first-order valence-electron chi connectivity index (χ1n) is 50.4. The molecule has 2 aliphatic heterocycles. The molecule has 0 bridgehead atoms. The molecule has 2 aromatic heterocycles. The molecule has 16 rings (SSSR count). The van der Waals surface area contributed by atoms with Gasteiger partial charge in [0.15, 0.2) is 0 Å². The SMILES string of the molecule is CC(C)(C)OC(=O)NCCCCC1(C)c2cc(Br)ccc2-c2ccc(B3OC(C)(C)C(C)(C)O3)cc21.CCCCn1c2c(c3ccc(B4OC(C)(C)C(C)(C)O4)cc31)C(CCCC)(CCCC)c1cc(Br)ccc1-2.CCCCn1c2c(c3ccc(C)cc31)C(CCCC)(CCCC)c1cc(C)ccc1-2.Cc1ccc2c(c1)C(C)(CCCCNC(=O)OC(C)(C)C)c1cc(C)ccc1-2. The van der Waals surface area contributed by atoms with Crippen molar-refractivity contribution in [3.8, 4) is 44.8 Å². The van der Waals surface area contributed by atoms with Crippen LogP contribution >= 0.6 is 31.9 Å². The predicted octanol–water partition coefficient (Wildman–Crippen LogP) is 30.9. The van der Waals surface area contributed by atoms with Crippen molar-refractivity contribution in [1.29, 1.82) is 0 Å². The monoisotopic (exact) mass is 1910 g/mol. The Morgan fingerprint density at radius 1 is 0.348 bits per heavy atom. The molecule has 1 atom stereocenters. The molecule has 2 N–H and O–H groups in total. The van der Waals surface area contributed by atoms with Gasteiger partial charge in [0.2, 0.25) is 0 Å². The lowest BCUT2D eigenvalue weighted by Crippen LogP contribution is -2.41. The number of fused-ring (bicyclic) bond motifs is 16. The Hall–Kier alpha value is -7.69. The molecule has 8 aromatic carbocycles. The first kappa shape index (κ1) is 102. The fourth-order valence-electron chi connectivity index (χ4n) is 21.8. The summed E-state index contributed by atoms with van der Waals surface area (Å²) in [5.41, 5.74) is 31.1. The topological polar surface area (TPSA) is 123 Å². The number of amides is 2. The predicted molar refractivity (Wildman–Crippen MR) is 563 cm³/mol. The number of benzene rings is 8. The average Bonchev–Trinajstić information content (AvgIpc) is 1.51. The fourth-order valence-corrected chi connectivity index (χ4v) is 22.5. The number of nitrogens with zero attached hydrogens (tertiary/aromatic N) is 2. The van der Waals surface area contributed by atoms with E-state index in [9.17, 15) is 9.59 Å². The van der Waals surface area contributed by atoms with Crippen molar-refractivity contribution in [3.63, 3.8) is 0 Å². The van der Waals surface area contributed by atoms with Gasteiger partial charge in [0, 0.05) is 89.7 Å². The van der Waals surface area contributed by atoms with Gasteiger partial charge in [-0.2, -0.15) is 0 Å². The van der Waals surface area contributed by atoms with E-state index in [-0.39, 0.29) is 63.4 Å². The second-order valence-corrected chi connectivity index (χ2v) is 45.6. The summed E-state index contributed by atoms with van der Waals surface area (Å²) in [5, 5.41) is 8.68. The molecular weight excluding hydrogens is 1760 g/mol. The van der Waals surface area contributed by atoms with E-state index in [1.807, 2.05) is 41.5 Å². The van der Waals surface area contributed by atoms with Crippen LogP contribution in [-0.4, -0.2) is 82.3 Å². The lowest BCUT2D eigenvalue weighted by molar-refractivity contribution is 0.00578. The van der Waals surface area contributed by atoms with Gasteiger partial charge in [-0.1, -0.05) is 290 Å². The maximum Gasteiger partial charge on any atom is 0.494 e. The average molecular weight is 1920 g/mol. The van der Waals surface area contributed by atoms with Gasteiger partial charge in [-0.3, -0.25) is 0 Å². The molecule has 2 fully saturated rings. The molecule has 2 saturated heterocycles. The first-order chi connectivity index (χ1) is 62.4. The van der Waals surface area contributed by atoms with Gasteiger partial charge in [0.05, 0.1) is 33.8 Å². The zero-order valence-corrected chi connectivity index (χ0v) is 88.5. The number of ether oxygens (including phenoxy) is 2. The second kappa shape index (κ2) is 40.9. The molecule has 1 unspecified atom stereocenters. The summed E-state index contributed by atoms with van der Waals surface area (Å²) in [7, 11) is -0.736. The van der Waals surface area contributed by atoms with Crippen molar-refractivity contribution in [1.82, 2.24) is 19.8 Å². The molecule has 16 heteroatoms. The number of aromatic nitrogens is 2. The zero-order valence-electron chi connectivity index (χ0n) is 85.3. The summed E-state index contributed by atoms with van der Waals surface area (Å²) < 4.78 is 43.9. The van der Waals surface area contributed by atoms with Crippen LogP contribution in [0, 0.1) is 27.7 Å². The van der Waals surface area contributed by atoms with Crippen LogP contribution in [0.3, 0.4) is 0 Å². The third-order valence-corrected chi connectivity index (χ3v) is 31.2. The number of alkyl carbamates (subject to hydrolysis) is 2. The summed E-state index contributed by atoms with van der Waals surface area (Å²) in [6.07, 6.45) is 25.0. The van der Waals surface area contributed by atoms with Crippen LogP contribution in [0.15, 0.2) is 155 Å². The van der Waals surface area contributed by atoms with E-state index >= 15 is 0 Å². The maximum atomic E-state index is 12.0. The number of aryl methyl sites for hydroxylation is 6. The Bertz CT molecular complexity index is 5700. The van der Waals surface area contributed by atoms with Gasteiger partial charge in [-0.15, -0.1) is 0 Å². The minimum Gasteiger partial charge on any atom is -0.444 e. The molecule has 4 heterocycles. The van der Waals surface area contributed by atoms with Crippen LogP contribution in [-0.2, 0) is 62.8 Å². The van der Waals surface area contributed by atoms with Crippen LogP contribution in [0.2, 0.25) is 0 Å². The third-order valence-electron chi connectivity index (χ3n) is 30.2. The highest BCUT2D eigenvalue weighted by Crippen LogP contribution is 2.61. The summed E-state index contributed by atoms with van der Waals surface area (Å²) in [4.78, 5) is 23.8. The standard InChI is InChI=1S/C33H45BBrNO2.C29H39BBrNO4.C29H39N.C25H33NO2/c1-8-11-18-33(19-12-9-2)27-22-24(35)15-17-25(27)30-29(33)26-16-14-23(21-28(26)36(30)20-13-10-3)34-37-31(4,5)32(6,7)38-34;1-26(2,3)34-25(33)32-16-10-9-15-29(8)23-17-19(30-35-27(4,5)28(6,7)36-30)11-13-21(23)22-14-12-20(31)18-24(22)29;1-6-9-16-29(17-10-7-2)25-19-21(4)12-14-23(25)28-27(29)24-15-13-22(5)20-26(24)30(28)18-11-8-3;1-17-9-11-19-20-12-10-18(2)16-22(20)25(6,21(19)15-17)13-7-8-14-26-23(27)28-24(3,4)5/h14-17,21-22H,8-13,18-20H2,1-7H3;11-14,17-18H,9-10,15-16H2,1-8H3,(H,32,33);12-15,19-20H,6-11,16-18H2,1-5H3;9-12,15-16H,7-8,13-14H2,1-6H3,(H,26,27). The number of nitrogens with one attached hydrogen (secondary N) is 2. The van der Waals surface area contributed by atoms with E-state index in [1.165, 1.54) is 224 Å². The Balaban J connectivity index is 0.000000151. The van der Waals surface area contributed by atoms with Crippen LogP contribution < -0.4 is 21.6 Å². The highest BCUT2D eigenvalue weighted by Gasteiger charge is 2.55. The summed E-state index contributed by atoms with van der Waals surface area (Å²) in [6.45, 7) is 59.0. The minimum atomic E-state index is -0.489. The molecule has 2 amide bonds. The Kier molecular flexibility index (Phi) is 31.5. The van der Waals surface area contributed by atoms with Crippen LogP contribution in [0.5, 0.6) is 0 Å². The normalized spacial score (nSPS) is 17.6. The highest BCUT2D eigenvalue weighted by atomic mass is 79.9. The number of hydrogen-bond acceptors (Lipinski definition) is 8. The molecule has 12 nitrogen and oxygen atoms in total. The number of carbonyl (C=O) groups is 2. The summed E-state index contributed by atoms with van der Waals surface area (Å²) in [6, 6.07) is 55.4. The molecule has 4 aliphatic carbocycles. The largest absolute Gasteiger partial charge is 0.494 e. The van der Waals surface area contributed by atoms with Gasteiger partial charge < -0.3 is 47.9 Å². The number of hydrogen-bond donors (Lipinski definition) is 2. The van der Waals surface area contributed by atoms with Gasteiger partial charge in [-0.05, 0) is 308 Å². The maximum absolute atomic E-state index is 12.0. The van der Waals surface area contributed by atoms with E-state index in [1.54, 1.807) is 16.7 Å². The van der Waals surface area contributed by atoms with Crippen molar-refractivity contribution in [2.45, 2.75) is 390 Å². The van der Waals surface area contributed by atoms with Gasteiger partial charge in [0.25, 0.3) is 0 Å². The Morgan fingerprint density at radius 3 is 1.05 bits per heavy atom. The fraction of sp³-hybridized carbons (Fsp3) is 0.534. The van der Waals surface area contributed by atoms with Crippen LogP contribution in [0.4, 0.5) is 9.59 Å². The van der Waals surface area contributed by atoms with Crippen molar-refractivity contribution < 1.29 is 37.7 Å². The lowest BCUT2D eigenvalue weighted by Gasteiger charge is -2.32. The van der Waals surface area contributed by atoms with Crippen molar-refractivity contribution in [2.75, 3.05) is 13.1 Å². The van der Waals surface area contributed by atoms with Crippen LogP contribution in [0.25, 0.3) is 66.6 Å². The lowest BCUT2D eigenvalue weighted by atomic mass is 9.70. The number of rotatable bonds is 30. The zero-order chi connectivity index (χ0) is 95.6. The Labute approximate surface area is 811 Å².